The molecule has 3 rings (SSSR count). The average Bonchev–Trinajstić information content (AvgIpc) is 2.88. The fourth-order valence-corrected chi connectivity index (χ4v) is 2.70. The molecule has 1 aromatic rings. The van der Waals surface area contributed by atoms with Crippen LogP contribution in [0.25, 0.3) is 0 Å². The van der Waals surface area contributed by atoms with E-state index in [1.807, 2.05) is 18.2 Å². The Balaban J connectivity index is 1.97. The van der Waals surface area contributed by atoms with Crippen LogP contribution >= 0.6 is 15.9 Å². The highest BCUT2D eigenvalue weighted by atomic mass is 79.9. The van der Waals surface area contributed by atoms with Crippen molar-refractivity contribution in [1.82, 2.24) is 0 Å². The molecular weight excluding hydrogens is 288 g/mol. The largest absolute Gasteiger partial charge is 0.486 e. The maximum absolute atomic E-state index is 5.70. The Hall–Kier alpha value is -0.780. The van der Waals surface area contributed by atoms with E-state index in [9.17, 15) is 0 Å². The second-order valence-electron chi connectivity index (χ2n) is 3.94. The molecular formula is C12H13BrO4. The number of alkyl halides is 1. The summed E-state index contributed by atoms with van der Waals surface area (Å²) in [5, 5.41) is 0.597. The summed E-state index contributed by atoms with van der Waals surface area (Å²) in [6.45, 7) is 2.41. The normalized spacial score (nSPS) is 21.5. The highest BCUT2D eigenvalue weighted by molar-refractivity contribution is 9.09. The van der Waals surface area contributed by atoms with Crippen LogP contribution in [0.2, 0.25) is 0 Å². The van der Waals surface area contributed by atoms with E-state index in [1.165, 1.54) is 0 Å². The smallest absolute Gasteiger partial charge is 0.205 e. The number of fused-ring (bicyclic) bond motifs is 1. The Bertz CT molecular complexity index is 415. The van der Waals surface area contributed by atoms with Gasteiger partial charge in [-0.1, -0.05) is 15.9 Å². The van der Waals surface area contributed by atoms with Gasteiger partial charge in [-0.25, -0.2) is 0 Å². The van der Waals surface area contributed by atoms with Crippen LogP contribution in [0, 0.1) is 0 Å². The number of rotatable bonds is 2. The second-order valence-corrected chi connectivity index (χ2v) is 4.50. The first-order valence-corrected chi connectivity index (χ1v) is 6.70. The average molecular weight is 301 g/mol. The second kappa shape index (κ2) is 4.48. The fraction of sp³-hybridized carbons (Fsp3) is 0.500. The summed E-state index contributed by atoms with van der Waals surface area (Å²) in [5.41, 5.74) is 0.955. The Morgan fingerprint density at radius 3 is 2.41 bits per heavy atom. The van der Waals surface area contributed by atoms with Crippen LogP contribution in [0.3, 0.4) is 0 Å². The summed E-state index contributed by atoms with van der Waals surface area (Å²) in [7, 11) is 0. The summed E-state index contributed by atoms with van der Waals surface area (Å²) < 4.78 is 22.5. The van der Waals surface area contributed by atoms with Crippen LogP contribution in [0.4, 0.5) is 0 Å². The van der Waals surface area contributed by atoms with Gasteiger partial charge in [-0.2, -0.15) is 0 Å². The molecule has 0 N–H and O–H groups in total. The Morgan fingerprint density at radius 1 is 1.00 bits per heavy atom. The van der Waals surface area contributed by atoms with E-state index < -0.39 is 5.79 Å². The van der Waals surface area contributed by atoms with Crippen molar-refractivity contribution >= 4 is 15.9 Å². The summed E-state index contributed by atoms with van der Waals surface area (Å²) >= 11 is 3.44. The molecule has 92 valence electrons. The zero-order valence-electron chi connectivity index (χ0n) is 9.28. The Kier molecular flexibility index (Phi) is 2.98. The van der Waals surface area contributed by atoms with Gasteiger partial charge in [0.2, 0.25) is 5.79 Å². The molecule has 1 aromatic carbocycles. The van der Waals surface area contributed by atoms with Crippen molar-refractivity contribution < 1.29 is 18.9 Å². The summed E-state index contributed by atoms with van der Waals surface area (Å²) in [4.78, 5) is 0. The van der Waals surface area contributed by atoms with Crippen molar-refractivity contribution in [3.63, 3.8) is 0 Å². The molecule has 0 aliphatic carbocycles. The number of ether oxygens (including phenoxy) is 4. The Morgan fingerprint density at radius 2 is 1.71 bits per heavy atom. The zero-order valence-corrected chi connectivity index (χ0v) is 10.9. The number of halogens is 1. The van der Waals surface area contributed by atoms with E-state index in [4.69, 9.17) is 18.9 Å². The topological polar surface area (TPSA) is 36.9 Å². The molecule has 0 atom stereocenters. The molecule has 0 unspecified atom stereocenters. The molecule has 0 saturated carbocycles. The van der Waals surface area contributed by atoms with Crippen LogP contribution in [-0.4, -0.2) is 31.8 Å². The van der Waals surface area contributed by atoms with E-state index in [0.717, 1.165) is 17.1 Å². The van der Waals surface area contributed by atoms with Crippen molar-refractivity contribution in [2.24, 2.45) is 0 Å². The number of benzene rings is 1. The lowest BCUT2D eigenvalue weighted by Gasteiger charge is -2.27. The highest BCUT2D eigenvalue weighted by Gasteiger charge is 2.38. The van der Waals surface area contributed by atoms with Gasteiger partial charge in [-0.05, 0) is 18.2 Å². The van der Waals surface area contributed by atoms with E-state index in [-0.39, 0.29) is 0 Å². The van der Waals surface area contributed by atoms with Gasteiger partial charge in [-0.15, -0.1) is 0 Å². The van der Waals surface area contributed by atoms with Gasteiger partial charge in [-0.3, -0.25) is 0 Å². The van der Waals surface area contributed by atoms with Gasteiger partial charge in [0.25, 0.3) is 0 Å². The molecule has 5 heteroatoms. The maximum atomic E-state index is 5.70. The third-order valence-electron chi connectivity index (χ3n) is 2.91. The summed E-state index contributed by atoms with van der Waals surface area (Å²) in [5.74, 6) is 0.853. The SMILES string of the molecule is BrCC1(c2ccc3c(c2)OCCO3)OCCO1. The lowest BCUT2D eigenvalue weighted by atomic mass is 10.1. The first-order chi connectivity index (χ1) is 8.34. The first-order valence-electron chi connectivity index (χ1n) is 5.58. The molecule has 4 nitrogen and oxygen atoms in total. The molecule has 0 spiro atoms. The Labute approximate surface area is 108 Å². The van der Waals surface area contributed by atoms with Gasteiger partial charge in [0.1, 0.15) is 13.2 Å². The van der Waals surface area contributed by atoms with E-state index >= 15 is 0 Å². The molecule has 2 heterocycles. The molecule has 1 saturated heterocycles. The molecule has 17 heavy (non-hydrogen) atoms. The van der Waals surface area contributed by atoms with Crippen LogP contribution < -0.4 is 9.47 Å². The standard InChI is InChI=1S/C12H13BrO4/c13-8-12(16-5-6-17-12)9-1-2-10-11(7-9)15-4-3-14-10/h1-2,7H,3-6,8H2. The van der Waals surface area contributed by atoms with Crippen molar-refractivity contribution in [1.29, 1.82) is 0 Å². The van der Waals surface area contributed by atoms with Crippen molar-refractivity contribution in [3.8, 4) is 11.5 Å². The molecule has 1 fully saturated rings. The van der Waals surface area contributed by atoms with Crippen LogP contribution in [-0.2, 0) is 15.3 Å². The fourth-order valence-electron chi connectivity index (χ4n) is 2.06. The molecule has 0 bridgehead atoms. The van der Waals surface area contributed by atoms with Gasteiger partial charge < -0.3 is 18.9 Å². The summed E-state index contributed by atoms with van der Waals surface area (Å²) in [6.07, 6.45) is 0. The minimum absolute atomic E-state index is 0.583. The van der Waals surface area contributed by atoms with Crippen LogP contribution in [0.15, 0.2) is 18.2 Å². The van der Waals surface area contributed by atoms with Gasteiger partial charge in [0.15, 0.2) is 11.5 Å². The van der Waals surface area contributed by atoms with E-state index in [2.05, 4.69) is 15.9 Å². The van der Waals surface area contributed by atoms with E-state index in [1.54, 1.807) is 0 Å². The van der Waals surface area contributed by atoms with Gasteiger partial charge in [0.05, 0.1) is 18.5 Å². The number of hydrogen-bond donors (Lipinski definition) is 0. The minimum atomic E-state index is -0.685. The van der Waals surface area contributed by atoms with Crippen molar-refractivity contribution in [3.05, 3.63) is 23.8 Å². The van der Waals surface area contributed by atoms with Gasteiger partial charge >= 0.3 is 0 Å². The monoisotopic (exact) mass is 300 g/mol. The molecule has 0 radical (unpaired) electrons. The van der Waals surface area contributed by atoms with Crippen molar-refractivity contribution in [2.45, 2.75) is 5.79 Å². The molecule has 0 amide bonds. The predicted octanol–water partition coefficient (Wildman–Crippen LogP) is 2.05. The quantitative estimate of drug-likeness (QED) is 0.784. The van der Waals surface area contributed by atoms with Gasteiger partial charge in [0, 0.05) is 5.56 Å². The first kappa shape index (κ1) is 11.3. The van der Waals surface area contributed by atoms with Crippen LogP contribution in [0.1, 0.15) is 5.56 Å². The zero-order chi connectivity index (χ0) is 11.7. The minimum Gasteiger partial charge on any atom is -0.486 e. The predicted molar refractivity (Wildman–Crippen MR) is 64.8 cm³/mol. The third kappa shape index (κ3) is 1.92. The molecule has 2 aliphatic heterocycles. The lowest BCUT2D eigenvalue weighted by Crippen LogP contribution is -2.29. The molecule has 2 aliphatic rings. The third-order valence-corrected chi connectivity index (χ3v) is 3.65. The van der Waals surface area contributed by atoms with Crippen LogP contribution in [0.5, 0.6) is 11.5 Å². The van der Waals surface area contributed by atoms with Crippen molar-refractivity contribution in [2.75, 3.05) is 31.8 Å². The van der Waals surface area contributed by atoms with E-state index in [0.29, 0.717) is 31.8 Å². The lowest BCUT2D eigenvalue weighted by molar-refractivity contribution is -0.144. The number of hydrogen-bond acceptors (Lipinski definition) is 4. The highest BCUT2D eigenvalue weighted by Crippen LogP contribution is 2.39. The molecule has 0 aromatic heterocycles. The maximum Gasteiger partial charge on any atom is 0.205 e. The summed E-state index contributed by atoms with van der Waals surface area (Å²) in [6, 6.07) is 5.79.